The second-order valence-corrected chi connectivity index (χ2v) is 4.37. The summed E-state index contributed by atoms with van der Waals surface area (Å²) in [5, 5.41) is 5.50. The summed E-state index contributed by atoms with van der Waals surface area (Å²) in [7, 11) is 0. The second-order valence-electron chi connectivity index (χ2n) is 4.37. The molecule has 0 saturated heterocycles. The second kappa shape index (κ2) is 3.76. The number of nitrogens with zero attached hydrogens (tertiary/aromatic N) is 1. The van der Waals surface area contributed by atoms with Crippen LogP contribution in [-0.2, 0) is 11.7 Å². The zero-order chi connectivity index (χ0) is 11.8. The SMILES string of the molecule is NC1(c2cn[nH]c2C(F)(F)F)CCCCC1. The van der Waals surface area contributed by atoms with Crippen molar-refractivity contribution < 1.29 is 13.2 Å². The smallest absolute Gasteiger partial charge is 0.321 e. The van der Waals surface area contributed by atoms with Crippen molar-refractivity contribution >= 4 is 0 Å². The van der Waals surface area contributed by atoms with Crippen molar-refractivity contribution in [1.82, 2.24) is 10.2 Å². The quantitative estimate of drug-likeness (QED) is 0.783. The van der Waals surface area contributed by atoms with Gasteiger partial charge in [0.15, 0.2) is 0 Å². The van der Waals surface area contributed by atoms with Crippen LogP contribution in [0, 0.1) is 0 Å². The predicted octanol–water partition coefficient (Wildman–Crippen LogP) is 2.55. The standard InChI is InChI=1S/C10H14F3N3/c11-10(12,13)8-7(6-15-16-8)9(14)4-2-1-3-5-9/h6H,1-5,14H2,(H,15,16). The monoisotopic (exact) mass is 233 g/mol. The molecule has 0 atom stereocenters. The number of aromatic amines is 1. The third-order valence-electron chi connectivity index (χ3n) is 3.20. The van der Waals surface area contributed by atoms with E-state index in [4.69, 9.17) is 5.73 Å². The molecule has 3 nitrogen and oxygen atoms in total. The molecule has 1 saturated carbocycles. The predicted molar refractivity (Wildman–Crippen MR) is 52.5 cm³/mol. The summed E-state index contributed by atoms with van der Waals surface area (Å²) in [6.07, 6.45) is 0.783. The topological polar surface area (TPSA) is 54.7 Å². The molecule has 0 spiro atoms. The molecule has 0 unspecified atom stereocenters. The van der Waals surface area contributed by atoms with Gasteiger partial charge in [0.2, 0.25) is 0 Å². The lowest BCUT2D eigenvalue weighted by atomic mass is 9.77. The van der Waals surface area contributed by atoms with E-state index in [9.17, 15) is 13.2 Å². The van der Waals surface area contributed by atoms with Gasteiger partial charge < -0.3 is 5.73 Å². The Morgan fingerprint density at radius 1 is 1.25 bits per heavy atom. The maximum absolute atomic E-state index is 12.7. The highest BCUT2D eigenvalue weighted by molar-refractivity contribution is 5.28. The van der Waals surface area contributed by atoms with Crippen LogP contribution in [-0.4, -0.2) is 10.2 Å². The minimum absolute atomic E-state index is 0.111. The van der Waals surface area contributed by atoms with E-state index in [1.54, 1.807) is 0 Å². The average molecular weight is 233 g/mol. The van der Waals surface area contributed by atoms with Gasteiger partial charge in [0, 0.05) is 11.1 Å². The third kappa shape index (κ3) is 1.93. The number of nitrogens with two attached hydrogens (primary N) is 1. The van der Waals surface area contributed by atoms with E-state index in [1.807, 2.05) is 5.10 Å². The Labute approximate surface area is 91.2 Å². The number of aromatic nitrogens is 2. The lowest BCUT2D eigenvalue weighted by Crippen LogP contribution is -2.39. The van der Waals surface area contributed by atoms with Crippen LogP contribution in [0.1, 0.15) is 43.4 Å². The number of alkyl halides is 3. The van der Waals surface area contributed by atoms with Crippen molar-refractivity contribution in [3.63, 3.8) is 0 Å². The van der Waals surface area contributed by atoms with Crippen LogP contribution in [0.25, 0.3) is 0 Å². The highest BCUT2D eigenvalue weighted by Crippen LogP contribution is 2.40. The van der Waals surface area contributed by atoms with Crippen LogP contribution in [0.5, 0.6) is 0 Å². The molecule has 90 valence electrons. The third-order valence-corrected chi connectivity index (χ3v) is 3.20. The molecule has 1 aliphatic carbocycles. The maximum Gasteiger partial charge on any atom is 0.433 e. The molecule has 1 fully saturated rings. The molecule has 6 heteroatoms. The summed E-state index contributed by atoms with van der Waals surface area (Å²) in [5.74, 6) is 0. The first-order valence-electron chi connectivity index (χ1n) is 5.33. The zero-order valence-electron chi connectivity index (χ0n) is 8.77. The molecule has 3 N–H and O–H groups in total. The van der Waals surface area contributed by atoms with Crippen LogP contribution in [0.4, 0.5) is 13.2 Å². The number of nitrogens with one attached hydrogen (secondary N) is 1. The number of hydrogen-bond donors (Lipinski definition) is 2. The average Bonchev–Trinajstić information content (AvgIpc) is 2.67. The largest absolute Gasteiger partial charge is 0.433 e. The number of rotatable bonds is 1. The van der Waals surface area contributed by atoms with Crippen LogP contribution in [0.2, 0.25) is 0 Å². The van der Waals surface area contributed by atoms with Crippen molar-refractivity contribution in [1.29, 1.82) is 0 Å². The Hall–Kier alpha value is -1.04. The fourth-order valence-corrected chi connectivity index (χ4v) is 2.33. The van der Waals surface area contributed by atoms with Gasteiger partial charge in [-0.15, -0.1) is 0 Å². The normalized spacial score (nSPS) is 21.0. The summed E-state index contributed by atoms with van der Waals surface area (Å²) in [4.78, 5) is 0. The first-order chi connectivity index (χ1) is 7.43. The van der Waals surface area contributed by atoms with Gasteiger partial charge in [0.05, 0.1) is 6.20 Å². The van der Waals surface area contributed by atoms with Crippen molar-refractivity contribution in [3.8, 4) is 0 Å². The van der Waals surface area contributed by atoms with Crippen LogP contribution in [0.15, 0.2) is 6.20 Å². The van der Waals surface area contributed by atoms with E-state index in [0.717, 1.165) is 19.3 Å². The molecule has 1 heterocycles. The number of H-pyrrole nitrogens is 1. The van der Waals surface area contributed by atoms with Crippen LogP contribution >= 0.6 is 0 Å². The van der Waals surface area contributed by atoms with E-state index in [-0.39, 0.29) is 5.56 Å². The molecule has 0 aromatic carbocycles. The molecule has 1 aromatic heterocycles. The van der Waals surface area contributed by atoms with Gasteiger partial charge >= 0.3 is 6.18 Å². The molecule has 2 rings (SSSR count). The number of halogens is 3. The molecule has 1 aromatic rings. The summed E-state index contributed by atoms with van der Waals surface area (Å²) in [5.41, 5.74) is 4.51. The Kier molecular flexibility index (Phi) is 2.69. The van der Waals surface area contributed by atoms with Gasteiger partial charge in [-0.1, -0.05) is 19.3 Å². The summed E-state index contributed by atoms with van der Waals surface area (Å²) < 4.78 is 38.0. The lowest BCUT2D eigenvalue weighted by molar-refractivity contribution is -0.142. The van der Waals surface area contributed by atoms with E-state index >= 15 is 0 Å². The highest BCUT2D eigenvalue weighted by atomic mass is 19.4. The summed E-state index contributed by atoms with van der Waals surface area (Å²) >= 11 is 0. The van der Waals surface area contributed by atoms with Crippen molar-refractivity contribution in [2.45, 2.75) is 43.8 Å². The first kappa shape index (κ1) is 11.4. The molecular formula is C10H14F3N3. The van der Waals surface area contributed by atoms with E-state index < -0.39 is 17.4 Å². The zero-order valence-corrected chi connectivity index (χ0v) is 8.77. The minimum atomic E-state index is -4.41. The van der Waals surface area contributed by atoms with E-state index in [0.29, 0.717) is 12.8 Å². The highest BCUT2D eigenvalue weighted by Gasteiger charge is 2.42. The Morgan fingerprint density at radius 3 is 2.44 bits per heavy atom. The summed E-state index contributed by atoms with van der Waals surface area (Å²) in [6.45, 7) is 0. The Morgan fingerprint density at radius 2 is 1.88 bits per heavy atom. The molecule has 0 radical (unpaired) electrons. The maximum atomic E-state index is 12.7. The van der Waals surface area contributed by atoms with Gasteiger partial charge in [0.25, 0.3) is 0 Å². The van der Waals surface area contributed by atoms with Crippen molar-refractivity contribution in [3.05, 3.63) is 17.5 Å². The van der Waals surface area contributed by atoms with Crippen LogP contribution in [0.3, 0.4) is 0 Å². The molecular weight excluding hydrogens is 219 g/mol. The van der Waals surface area contributed by atoms with Gasteiger partial charge in [-0.2, -0.15) is 18.3 Å². The van der Waals surface area contributed by atoms with Gasteiger partial charge in [0.1, 0.15) is 5.69 Å². The fourth-order valence-electron chi connectivity index (χ4n) is 2.33. The van der Waals surface area contributed by atoms with Gasteiger partial charge in [-0.05, 0) is 12.8 Å². The van der Waals surface area contributed by atoms with Gasteiger partial charge in [-0.3, -0.25) is 5.10 Å². The Balaban J connectivity index is 2.36. The van der Waals surface area contributed by atoms with Crippen LogP contribution < -0.4 is 5.73 Å². The van der Waals surface area contributed by atoms with E-state index in [2.05, 4.69) is 5.10 Å². The van der Waals surface area contributed by atoms with Crippen molar-refractivity contribution in [2.75, 3.05) is 0 Å². The molecule has 1 aliphatic rings. The first-order valence-corrected chi connectivity index (χ1v) is 5.33. The lowest BCUT2D eigenvalue weighted by Gasteiger charge is -2.33. The summed E-state index contributed by atoms with van der Waals surface area (Å²) in [6, 6.07) is 0. The minimum Gasteiger partial charge on any atom is -0.321 e. The Bertz CT molecular complexity index is 364. The molecule has 16 heavy (non-hydrogen) atoms. The number of hydrogen-bond acceptors (Lipinski definition) is 2. The molecule has 0 amide bonds. The van der Waals surface area contributed by atoms with Crippen molar-refractivity contribution in [2.24, 2.45) is 5.73 Å². The van der Waals surface area contributed by atoms with Gasteiger partial charge in [-0.25, -0.2) is 0 Å². The van der Waals surface area contributed by atoms with E-state index in [1.165, 1.54) is 6.20 Å². The molecule has 0 bridgehead atoms. The molecule has 0 aliphatic heterocycles. The fraction of sp³-hybridized carbons (Fsp3) is 0.700.